The van der Waals surface area contributed by atoms with Crippen molar-refractivity contribution in [1.29, 1.82) is 0 Å². The van der Waals surface area contributed by atoms with Crippen molar-refractivity contribution in [3.05, 3.63) is 11.9 Å². The SMILES string of the molecule is CCC(C)(CCO)NC(=O)c1nn(C)cc1N. The Balaban J connectivity index is 2.81. The normalized spacial score (nSPS) is 14.4. The number of rotatable bonds is 5. The zero-order valence-electron chi connectivity index (χ0n) is 10.5. The first-order chi connectivity index (χ1) is 7.91. The molecule has 1 heterocycles. The number of carbonyl (C=O) groups is 1. The summed E-state index contributed by atoms with van der Waals surface area (Å²) < 4.78 is 1.50. The van der Waals surface area contributed by atoms with E-state index in [1.165, 1.54) is 4.68 Å². The van der Waals surface area contributed by atoms with Gasteiger partial charge in [-0.05, 0) is 19.8 Å². The number of anilines is 1. The average molecular weight is 240 g/mol. The first-order valence-electron chi connectivity index (χ1n) is 5.64. The largest absolute Gasteiger partial charge is 0.396 e. The van der Waals surface area contributed by atoms with Crippen molar-refractivity contribution in [2.75, 3.05) is 12.3 Å². The number of aromatic nitrogens is 2. The smallest absolute Gasteiger partial charge is 0.274 e. The van der Waals surface area contributed by atoms with Crippen LogP contribution in [0.1, 0.15) is 37.2 Å². The maximum Gasteiger partial charge on any atom is 0.274 e. The lowest BCUT2D eigenvalue weighted by molar-refractivity contribution is 0.0881. The van der Waals surface area contributed by atoms with Crippen LogP contribution in [-0.4, -0.2) is 32.9 Å². The van der Waals surface area contributed by atoms with E-state index in [1.807, 2.05) is 13.8 Å². The highest BCUT2D eigenvalue weighted by Crippen LogP contribution is 2.16. The maximum atomic E-state index is 12.0. The summed E-state index contributed by atoms with van der Waals surface area (Å²) in [6.45, 7) is 3.88. The van der Waals surface area contributed by atoms with Crippen LogP contribution in [0, 0.1) is 0 Å². The Morgan fingerprint density at radius 1 is 1.71 bits per heavy atom. The van der Waals surface area contributed by atoms with E-state index in [0.717, 1.165) is 6.42 Å². The standard InChI is InChI=1S/C11H20N4O2/c1-4-11(2,5-6-16)13-10(17)9-8(12)7-15(3)14-9/h7,16H,4-6,12H2,1-3H3,(H,13,17). The summed E-state index contributed by atoms with van der Waals surface area (Å²) in [6.07, 6.45) is 2.82. The number of hydrogen-bond acceptors (Lipinski definition) is 4. The van der Waals surface area contributed by atoms with Crippen molar-refractivity contribution in [3.63, 3.8) is 0 Å². The van der Waals surface area contributed by atoms with Gasteiger partial charge in [-0.2, -0.15) is 5.10 Å². The zero-order chi connectivity index (χ0) is 13.1. The summed E-state index contributed by atoms with van der Waals surface area (Å²) in [5, 5.41) is 15.8. The molecule has 96 valence electrons. The number of aryl methyl sites for hydroxylation is 1. The summed E-state index contributed by atoms with van der Waals surface area (Å²) in [4.78, 5) is 12.0. The molecule has 6 nitrogen and oxygen atoms in total. The van der Waals surface area contributed by atoms with Gasteiger partial charge in [0.2, 0.25) is 0 Å². The van der Waals surface area contributed by atoms with E-state index in [9.17, 15) is 4.79 Å². The molecule has 0 aliphatic rings. The van der Waals surface area contributed by atoms with Crippen LogP contribution >= 0.6 is 0 Å². The molecule has 0 radical (unpaired) electrons. The molecular weight excluding hydrogens is 220 g/mol. The molecule has 17 heavy (non-hydrogen) atoms. The van der Waals surface area contributed by atoms with Gasteiger partial charge in [-0.1, -0.05) is 6.92 Å². The summed E-state index contributed by atoms with van der Waals surface area (Å²) in [5.74, 6) is -0.305. The van der Waals surface area contributed by atoms with Crippen molar-refractivity contribution in [1.82, 2.24) is 15.1 Å². The van der Waals surface area contributed by atoms with E-state index in [-0.39, 0.29) is 18.2 Å². The number of nitrogens with two attached hydrogens (primary N) is 1. The van der Waals surface area contributed by atoms with Gasteiger partial charge in [0, 0.05) is 25.4 Å². The predicted molar refractivity (Wildman–Crippen MR) is 65.5 cm³/mol. The summed E-state index contributed by atoms with van der Waals surface area (Å²) in [5.41, 5.74) is 5.83. The number of nitrogens with zero attached hydrogens (tertiary/aromatic N) is 2. The van der Waals surface area contributed by atoms with Crippen molar-refractivity contribution >= 4 is 11.6 Å². The predicted octanol–water partition coefficient (Wildman–Crippen LogP) is 0.283. The monoisotopic (exact) mass is 240 g/mol. The minimum Gasteiger partial charge on any atom is -0.396 e. The van der Waals surface area contributed by atoms with Gasteiger partial charge in [0.15, 0.2) is 5.69 Å². The fourth-order valence-corrected chi connectivity index (χ4v) is 1.59. The molecule has 0 bridgehead atoms. The van der Waals surface area contributed by atoms with Gasteiger partial charge in [0.05, 0.1) is 5.69 Å². The van der Waals surface area contributed by atoms with Gasteiger partial charge in [-0.15, -0.1) is 0 Å². The van der Waals surface area contributed by atoms with Gasteiger partial charge in [0.25, 0.3) is 5.91 Å². The van der Waals surface area contributed by atoms with E-state index in [0.29, 0.717) is 12.1 Å². The average Bonchev–Trinajstić information content (AvgIpc) is 2.58. The molecule has 0 fully saturated rings. The molecule has 0 saturated carbocycles. The lowest BCUT2D eigenvalue weighted by Crippen LogP contribution is -2.46. The molecule has 0 spiro atoms. The minimum absolute atomic E-state index is 0.0301. The molecule has 0 saturated heterocycles. The first kappa shape index (κ1) is 13.5. The Morgan fingerprint density at radius 3 is 2.76 bits per heavy atom. The molecule has 1 unspecified atom stereocenters. The van der Waals surface area contributed by atoms with Crippen molar-refractivity contribution < 1.29 is 9.90 Å². The molecular formula is C11H20N4O2. The zero-order valence-corrected chi connectivity index (χ0v) is 10.5. The molecule has 1 atom stereocenters. The van der Waals surface area contributed by atoms with E-state index in [4.69, 9.17) is 10.8 Å². The third kappa shape index (κ3) is 3.20. The summed E-state index contributed by atoms with van der Waals surface area (Å²) in [7, 11) is 1.71. The fourth-order valence-electron chi connectivity index (χ4n) is 1.59. The van der Waals surface area contributed by atoms with E-state index < -0.39 is 5.54 Å². The molecule has 0 aliphatic heterocycles. The summed E-state index contributed by atoms with van der Waals surface area (Å²) >= 11 is 0. The second-order valence-electron chi connectivity index (χ2n) is 4.45. The van der Waals surface area contributed by atoms with Crippen LogP contribution < -0.4 is 11.1 Å². The molecule has 0 aromatic carbocycles. The lowest BCUT2D eigenvalue weighted by Gasteiger charge is -2.28. The Labute approximate surface area is 101 Å². The van der Waals surface area contributed by atoms with Crippen LogP contribution in [0.25, 0.3) is 0 Å². The van der Waals surface area contributed by atoms with Crippen LogP contribution in [0.5, 0.6) is 0 Å². The molecule has 0 aliphatic carbocycles. The maximum absolute atomic E-state index is 12.0. The summed E-state index contributed by atoms with van der Waals surface area (Å²) in [6, 6.07) is 0. The van der Waals surface area contributed by atoms with Crippen LogP contribution in [0.3, 0.4) is 0 Å². The molecule has 4 N–H and O–H groups in total. The highest BCUT2D eigenvalue weighted by atomic mass is 16.3. The number of hydrogen-bond donors (Lipinski definition) is 3. The van der Waals surface area contributed by atoms with Gasteiger partial charge < -0.3 is 16.2 Å². The van der Waals surface area contributed by atoms with Crippen LogP contribution in [0.15, 0.2) is 6.20 Å². The van der Waals surface area contributed by atoms with Gasteiger partial charge in [0.1, 0.15) is 0 Å². The van der Waals surface area contributed by atoms with E-state index in [2.05, 4.69) is 10.4 Å². The third-order valence-electron chi connectivity index (χ3n) is 2.93. The lowest BCUT2D eigenvalue weighted by atomic mass is 9.94. The van der Waals surface area contributed by atoms with E-state index >= 15 is 0 Å². The number of nitrogens with one attached hydrogen (secondary N) is 1. The molecule has 1 aromatic heterocycles. The van der Waals surface area contributed by atoms with Gasteiger partial charge >= 0.3 is 0 Å². The molecule has 1 aromatic rings. The highest BCUT2D eigenvalue weighted by molar-refractivity contribution is 5.97. The third-order valence-corrected chi connectivity index (χ3v) is 2.93. The van der Waals surface area contributed by atoms with Gasteiger partial charge in [-0.3, -0.25) is 9.48 Å². The van der Waals surface area contributed by atoms with Crippen molar-refractivity contribution in [2.45, 2.75) is 32.2 Å². The second-order valence-corrected chi connectivity index (χ2v) is 4.45. The van der Waals surface area contributed by atoms with Gasteiger partial charge in [-0.25, -0.2) is 0 Å². The number of amides is 1. The Kier molecular flexibility index (Phi) is 4.11. The number of carbonyl (C=O) groups excluding carboxylic acids is 1. The van der Waals surface area contributed by atoms with E-state index in [1.54, 1.807) is 13.2 Å². The molecule has 6 heteroatoms. The second kappa shape index (κ2) is 5.18. The number of aliphatic hydroxyl groups is 1. The quantitative estimate of drug-likeness (QED) is 0.689. The fraction of sp³-hybridized carbons (Fsp3) is 0.636. The Morgan fingerprint density at radius 2 is 2.35 bits per heavy atom. The number of nitrogen functional groups attached to an aromatic ring is 1. The number of aliphatic hydroxyl groups excluding tert-OH is 1. The van der Waals surface area contributed by atoms with Crippen LogP contribution in [0.4, 0.5) is 5.69 Å². The highest BCUT2D eigenvalue weighted by Gasteiger charge is 2.26. The van der Waals surface area contributed by atoms with Crippen molar-refractivity contribution in [3.8, 4) is 0 Å². The first-order valence-corrected chi connectivity index (χ1v) is 5.64. The Hall–Kier alpha value is -1.56. The van der Waals surface area contributed by atoms with Crippen molar-refractivity contribution in [2.24, 2.45) is 7.05 Å². The topological polar surface area (TPSA) is 93.2 Å². The van der Waals surface area contributed by atoms with Crippen LogP contribution in [-0.2, 0) is 7.05 Å². The molecule has 1 rings (SSSR count). The Bertz CT molecular complexity index is 402. The minimum atomic E-state index is -0.435. The molecule has 1 amide bonds. The van der Waals surface area contributed by atoms with Crippen LogP contribution in [0.2, 0.25) is 0 Å².